The topological polar surface area (TPSA) is 62.5 Å². The van der Waals surface area contributed by atoms with Gasteiger partial charge in [-0.15, -0.1) is 0 Å². The Morgan fingerprint density at radius 2 is 1.53 bits per heavy atom. The lowest BCUT2D eigenvalue weighted by molar-refractivity contribution is 0.178. The number of para-hydroxylation sites is 2. The molecule has 6 nitrogen and oxygen atoms in total. The molecule has 2 amide bonds. The van der Waals surface area contributed by atoms with Crippen molar-refractivity contribution in [1.82, 2.24) is 15.0 Å². The zero-order valence-corrected chi connectivity index (χ0v) is 18.6. The van der Waals surface area contributed by atoms with Gasteiger partial charge in [-0.1, -0.05) is 71.5 Å². The molecule has 1 aromatic heterocycles. The lowest BCUT2D eigenvalue weighted by Gasteiger charge is -2.36. The molecule has 2 heterocycles. The summed E-state index contributed by atoms with van der Waals surface area (Å²) in [5.41, 5.74) is 2.63. The Labute approximate surface area is 190 Å². The first-order chi connectivity index (χ1) is 15.6. The number of carbonyl (C=O) groups excluding carboxylic acids is 1. The predicted molar refractivity (Wildman–Crippen MR) is 125 cm³/mol. The maximum absolute atomic E-state index is 13.9. The minimum atomic E-state index is -0.125. The van der Waals surface area contributed by atoms with Crippen LogP contribution in [0.25, 0.3) is 11.4 Å². The van der Waals surface area contributed by atoms with Crippen LogP contribution in [0.2, 0.25) is 0 Å². The fourth-order valence-electron chi connectivity index (χ4n) is 3.68. The van der Waals surface area contributed by atoms with E-state index < -0.39 is 0 Å². The normalized spacial score (nSPS) is 12.4. The molecule has 1 aliphatic rings. The van der Waals surface area contributed by atoms with Gasteiger partial charge in [-0.3, -0.25) is 4.90 Å². The number of amides is 2. The van der Waals surface area contributed by atoms with E-state index in [1.165, 1.54) is 0 Å². The van der Waals surface area contributed by atoms with Crippen LogP contribution in [-0.2, 0) is 6.54 Å². The Hall–Kier alpha value is -3.58. The summed E-state index contributed by atoms with van der Waals surface area (Å²) in [6.45, 7) is 4.20. The van der Waals surface area contributed by atoms with Crippen molar-refractivity contribution in [2.75, 3.05) is 4.90 Å². The summed E-state index contributed by atoms with van der Waals surface area (Å²) >= 11 is 1.68. The second-order valence-electron chi connectivity index (χ2n) is 7.75. The first-order valence-corrected chi connectivity index (χ1v) is 11.3. The summed E-state index contributed by atoms with van der Waals surface area (Å²) in [4.78, 5) is 24.1. The molecule has 0 saturated heterocycles. The van der Waals surface area contributed by atoms with Crippen LogP contribution >= 0.6 is 11.8 Å². The lowest BCUT2D eigenvalue weighted by Crippen LogP contribution is -2.45. The molecule has 0 fully saturated rings. The molecule has 1 aliphatic heterocycles. The van der Waals surface area contributed by atoms with Gasteiger partial charge in [0.25, 0.3) is 0 Å². The molecule has 0 aliphatic carbocycles. The average Bonchev–Trinajstić information content (AvgIpc) is 3.30. The van der Waals surface area contributed by atoms with E-state index in [4.69, 9.17) is 4.52 Å². The van der Waals surface area contributed by atoms with Gasteiger partial charge in [0.1, 0.15) is 6.54 Å². The van der Waals surface area contributed by atoms with Crippen LogP contribution in [0.15, 0.2) is 93.2 Å². The Balaban J connectivity index is 1.48. The summed E-state index contributed by atoms with van der Waals surface area (Å²) < 4.78 is 5.50. The SMILES string of the molecule is CC(C)N(Cc1nc(-c2ccccc2)no1)C(=O)N1c2ccccc2Sc2ccccc21. The van der Waals surface area contributed by atoms with E-state index in [1.807, 2.05) is 92.7 Å². The smallest absolute Gasteiger partial charge is 0.329 e. The van der Waals surface area contributed by atoms with E-state index in [2.05, 4.69) is 10.1 Å². The first-order valence-electron chi connectivity index (χ1n) is 10.5. The molecular weight excluding hydrogens is 420 g/mol. The van der Waals surface area contributed by atoms with Gasteiger partial charge in [-0.25, -0.2) is 4.79 Å². The molecule has 0 bridgehead atoms. The maximum Gasteiger partial charge on any atom is 0.329 e. The highest BCUT2D eigenvalue weighted by atomic mass is 32.2. The number of urea groups is 1. The molecule has 5 rings (SSSR count). The van der Waals surface area contributed by atoms with Gasteiger partial charge in [0.15, 0.2) is 0 Å². The largest absolute Gasteiger partial charge is 0.337 e. The van der Waals surface area contributed by atoms with Crippen molar-refractivity contribution < 1.29 is 9.32 Å². The van der Waals surface area contributed by atoms with Crippen LogP contribution in [0.5, 0.6) is 0 Å². The third-order valence-electron chi connectivity index (χ3n) is 5.30. The lowest BCUT2D eigenvalue weighted by atomic mass is 10.2. The zero-order chi connectivity index (χ0) is 22.1. The molecule has 0 spiro atoms. The summed E-state index contributed by atoms with van der Waals surface area (Å²) in [5, 5.41) is 4.10. The standard InChI is InChI=1S/C25H22N4O2S/c1-17(2)28(16-23-26-24(27-31-23)18-10-4-3-5-11-18)25(30)29-19-12-6-8-14-21(19)32-22-15-9-7-13-20(22)29/h3-15,17H,16H2,1-2H3. The Morgan fingerprint density at radius 3 is 2.16 bits per heavy atom. The number of fused-ring (bicyclic) bond motifs is 2. The van der Waals surface area contributed by atoms with E-state index in [-0.39, 0.29) is 18.6 Å². The quantitative estimate of drug-likeness (QED) is 0.367. The molecule has 4 aromatic rings. The van der Waals surface area contributed by atoms with Crippen LogP contribution in [0.3, 0.4) is 0 Å². The van der Waals surface area contributed by atoms with Crippen molar-refractivity contribution in [3.8, 4) is 11.4 Å². The molecule has 160 valence electrons. The molecule has 0 N–H and O–H groups in total. The van der Waals surface area contributed by atoms with Crippen molar-refractivity contribution in [2.24, 2.45) is 0 Å². The molecule has 3 aromatic carbocycles. The molecule has 7 heteroatoms. The molecule has 0 radical (unpaired) electrons. The summed E-state index contributed by atoms with van der Waals surface area (Å²) in [6, 6.07) is 25.4. The third-order valence-corrected chi connectivity index (χ3v) is 6.43. The van der Waals surface area contributed by atoms with Gasteiger partial charge >= 0.3 is 6.03 Å². The first kappa shape index (κ1) is 20.3. The minimum absolute atomic E-state index is 0.0662. The van der Waals surface area contributed by atoms with Gasteiger partial charge in [-0.05, 0) is 38.1 Å². The predicted octanol–water partition coefficient (Wildman–Crippen LogP) is 6.37. The highest BCUT2D eigenvalue weighted by Crippen LogP contribution is 2.48. The number of carbonyl (C=O) groups is 1. The van der Waals surface area contributed by atoms with Crippen molar-refractivity contribution >= 4 is 29.2 Å². The number of rotatable bonds is 4. The van der Waals surface area contributed by atoms with Crippen LogP contribution in [-0.4, -0.2) is 27.1 Å². The summed E-state index contributed by atoms with van der Waals surface area (Å²) in [6.07, 6.45) is 0. The number of aromatic nitrogens is 2. The monoisotopic (exact) mass is 442 g/mol. The average molecular weight is 443 g/mol. The highest BCUT2D eigenvalue weighted by Gasteiger charge is 2.33. The van der Waals surface area contributed by atoms with Gasteiger partial charge in [0.05, 0.1) is 11.4 Å². The minimum Gasteiger partial charge on any atom is -0.337 e. The van der Waals surface area contributed by atoms with E-state index in [0.717, 1.165) is 26.7 Å². The number of hydrogen-bond donors (Lipinski definition) is 0. The number of benzene rings is 3. The molecule has 0 saturated carbocycles. The number of anilines is 2. The second-order valence-corrected chi connectivity index (χ2v) is 8.84. The van der Waals surface area contributed by atoms with Crippen molar-refractivity contribution in [1.29, 1.82) is 0 Å². The van der Waals surface area contributed by atoms with Gasteiger partial charge in [0, 0.05) is 21.4 Å². The molecule has 0 atom stereocenters. The van der Waals surface area contributed by atoms with Crippen molar-refractivity contribution in [3.63, 3.8) is 0 Å². The summed E-state index contributed by atoms with van der Waals surface area (Å²) in [7, 11) is 0. The Kier molecular flexibility index (Phi) is 5.41. The zero-order valence-electron chi connectivity index (χ0n) is 17.8. The van der Waals surface area contributed by atoms with Crippen LogP contribution in [0.4, 0.5) is 16.2 Å². The second kappa shape index (κ2) is 8.51. The molecule has 0 unspecified atom stereocenters. The van der Waals surface area contributed by atoms with Crippen molar-refractivity contribution in [2.45, 2.75) is 36.2 Å². The van der Waals surface area contributed by atoms with Crippen molar-refractivity contribution in [3.05, 3.63) is 84.8 Å². The number of nitrogens with zero attached hydrogens (tertiary/aromatic N) is 4. The fraction of sp³-hybridized carbons (Fsp3) is 0.160. The van der Waals surface area contributed by atoms with E-state index in [9.17, 15) is 4.79 Å². The Morgan fingerprint density at radius 1 is 0.938 bits per heavy atom. The van der Waals surface area contributed by atoms with E-state index in [1.54, 1.807) is 21.6 Å². The highest BCUT2D eigenvalue weighted by molar-refractivity contribution is 7.99. The van der Waals surface area contributed by atoms with Gasteiger partial charge < -0.3 is 9.42 Å². The van der Waals surface area contributed by atoms with Crippen LogP contribution in [0.1, 0.15) is 19.7 Å². The van der Waals surface area contributed by atoms with Crippen LogP contribution < -0.4 is 4.90 Å². The Bertz CT molecular complexity index is 1210. The number of hydrogen-bond acceptors (Lipinski definition) is 5. The van der Waals surface area contributed by atoms with E-state index >= 15 is 0 Å². The van der Waals surface area contributed by atoms with Gasteiger partial charge in [0.2, 0.25) is 11.7 Å². The van der Waals surface area contributed by atoms with E-state index in [0.29, 0.717) is 11.7 Å². The summed E-state index contributed by atoms with van der Waals surface area (Å²) in [5.74, 6) is 0.917. The van der Waals surface area contributed by atoms with Crippen LogP contribution in [0, 0.1) is 0 Å². The molecule has 32 heavy (non-hydrogen) atoms. The molecular formula is C25H22N4O2S. The fourth-order valence-corrected chi connectivity index (χ4v) is 4.74. The maximum atomic E-state index is 13.9. The van der Waals surface area contributed by atoms with Gasteiger partial charge in [-0.2, -0.15) is 4.98 Å². The third kappa shape index (κ3) is 3.76.